The zero-order valence-electron chi connectivity index (χ0n) is 43.5. The molecule has 0 aliphatic carbocycles. The lowest BCUT2D eigenvalue weighted by atomic mass is 9.98. The van der Waals surface area contributed by atoms with E-state index >= 15 is 0 Å². The van der Waals surface area contributed by atoms with Crippen LogP contribution < -0.4 is 0 Å². The molecule has 7 N–H and O–H groups in total. The van der Waals surface area contributed by atoms with Crippen LogP contribution in [-0.2, 0) is 33.2 Å². The van der Waals surface area contributed by atoms with E-state index in [-0.39, 0.29) is 25.6 Å². The molecule has 408 valence electrons. The van der Waals surface area contributed by atoms with E-state index in [1.165, 1.54) is 103 Å². The number of carbonyl (C=O) groups excluding carboxylic acids is 1. The molecule has 11 unspecified atom stereocenters. The molecule has 2 fully saturated rings. The first-order valence-electron chi connectivity index (χ1n) is 27.7. The number of allylic oxidation sites excluding steroid dienone is 8. The molecule has 0 amide bonds. The number of esters is 1. The first-order chi connectivity index (χ1) is 34.1. The Morgan fingerprint density at radius 1 is 0.486 bits per heavy atom. The number of aliphatic hydroxyl groups excluding tert-OH is 7. The predicted molar refractivity (Wildman–Crippen MR) is 275 cm³/mol. The van der Waals surface area contributed by atoms with E-state index in [9.17, 15) is 40.5 Å². The average molecular weight is 997 g/mol. The van der Waals surface area contributed by atoms with Gasteiger partial charge in [-0.3, -0.25) is 4.79 Å². The molecule has 0 saturated carbocycles. The number of aliphatic hydroxyl groups is 7. The van der Waals surface area contributed by atoms with Gasteiger partial charge in [0.2, 0.25) is 0 Å². The molecule has 0 aromatic carbocycles. The van der Waals surface area contributed by atoms with Gasteiger partial charge in [-0.05, 0) is 70.6 Å². The van der Waals surface area contributed by atoms with Crippen molar-refractivity contribution in [2.45, 2.75) is 268 Å². The Bertz CT molecular complexity index is 1340. The van der Waals surface area contributed by atoms with E-state index in [1.54, 1.807) is 0 Å². The molecule has 0 spiro atoms. The fraction of sp³-hybridized carbons (Fsp3) is 0.839. The normalized spacial score (nSPS) is 25.8. The number of unbranched alkanes of at least 4 members (excludes halogenated alkanes) is 22. The van der Waals surface area contributed by atoms with Crippen LogP contribution in [0, 0.1) is 0 Å². The van der Waals surface area contributed by atoms with Crippen LogP contribution in [0.1, 0.15) is 200 Å². The molecule has 14 nitrogen and oxygen atoms in total. The lowest BCUT2D eigenvalue weighted by molar-refractivity contribution is -0.332. The lowest BCUT2D eigenvalue weighted by Gasteiger charge is -2.42. The minimum absolute atomic E-state index is 0.0550. The summed E-state index contributed by atoms with van der Waals surface area (Å²) in [6, 6.07) is 0. The summed E-state index contributed by atoms with van der Waals surface area (Å²) in [7, 11) is 0. The quantitative estimate of drug-likeness (QED) is 0.0172. The molecular formula is C56H100O14. The number of carbonyl (C=O) groups is 1. The third kappa shape index (κ3) is 30.2. The van der Waals surface area contributed by atoms with Crippen LogP contribution in [0.3, 0.4) is 0 Å². The average Bonchev–Trinajstić information content (AvgIpc) is 3.36. The minimum Gasteiger partial charge on any atom is -0.457 e. The van der Waals surface area contributed by atoms with Crippen LogP contribution in [0.2, 0.25) is 0 Å². The van der Waals surface area contributed by atoms with Gasteiger partial charge < -0.3 is 64.2 Å². The second-order valence-corrected chi connectivity index (χ2v) is 19.4. The molecule has 0 radical (unpaired) electrons. The fourth-order valence-electron chi connectivity index (χ4n) is 8.59. The number of rotatable bonds is 44. The first kappa shape index (κ1) is 64.1. The van der Waals surface area contributed by atoms with Crippen molar-refractivity contribution >= 4 is 5.97 Å². The molecule has 14 heteroatoms. The molecule has 2 heterocycles. The van der Waals surface area contributed by atoms with E-state index < -0.39 is 80.7 Å². The van der Waals surface area contributed by atoms with E-state index in [0.717, 1.165) is 70.6 Å². The van der Waals surface area contributed by atoms with Crippen LogP contribution in [0.4, 0.5) is 0 Å². The van der Waals surface area contributed by atoms with Crippen LogP contribution in [0.25, 0.3) is 0 Å². The van der Waals surface area contributed by atoms with Gasteiger partial charge in [0.1, 0.15) is 54.9 Å². The Hall–Kier alpha value is -2.05. The monoisotopic (exact) mass is 997 g/mol. The zero-order chi connectivity index (χ0) is 50.9. The molecule has 0 aromatic rings. The van der Waals surface area contributed by atoms with E-state index in [0.29, 0.717) is 13.0 Å². The fourth-order valence-corrected chi connectivity index (χ4v) is 8.59. The summed E-state index contributed by atoms with van der Waals surface area (Å²) < 4.78 is 34.3. The second-order valence-electron chi connectivity index (χ2n) is 19.4. The van der Waals surface area contributed by atoms with Crippen molar-refractivity contribution in [1.82, 2.24) is 0 Å². The summed E-state index contributed by atoms with van der Waals surface area (Å²) in [5, 5.41) is 72.2. The topological polar surface area (TPSA) is 214 Å². The van der Waals surface area contributed by atoms with Gasteiger partial charge in [0, 0.05) is 13.0 Å². The Morgan fingerprint density at radius 3 is 1.47 bits per heavy atom. The molecule has 70 heavy (non-hydrogen) atoms. The van der Waals surface area contributed by atoms with Crippen molar-refractivity contribution in [2.24, 2.45) is 0 Å². The van der Waals surface area contributed by atoms with Gasteiger partial charge in [-0.15, -0.1) is 0 Å². The van der Waals surface area contributed by atoms with Crippen molar-refractivity contribution < 1.29 is 69.0 Å². The Balaban J connectivity index is 1.74. The van der Waals surface area contributed by atoms with Gasteiger partial charge >= 0.3 is 5.97 Å². The van der Waals surface area contributed by atoms with Crippen molar-refractivity contribution in [1.29, 1.82) is 0 Å². The van der Waals surface area contributed by atoms with Crippen LogP contribution in [0.15, 0.2) is 48.6 Å². The van der Waals surface area contributed by atoms with Gasteiger partial charge in [-0.25, -0.2) is 0 Å². The van der Waals surface area contributed by atoms with Crippen molar-refractivity contribution in [2.75, 3.05) is 33.0 Å². The maximum atomic E-state index is 13.0. The van der Waals surface area contributed by atoms with Gasteiger partial charge in [-0.1, -0.05) is 172 Å². The van der Waals surface area contributed by atoms with Crippen LogP contribution in [-0.4, -0.2) is 142 Å². The summed E-state index contributed by atoms with van der Waals surface area (Å²) in [6.45, 7) is 3.57. The van der Waals surface area contributed by atoms with Crippen molar-refractivity contribution in [3.8, 4) is 0 Å². The molecule has 2 saturated heterocycles. The highest BCUT2D eigenvalue weighted by Crippen LogP contribution is 2.26. The zero-order valence-corrected chi connectivity index (χ0v) is 43.5. The molecule has 11 atom stereocenters. The van der Waals surface area contributed by atoms with E-state index in [2.05, 4.69) is 62.5 Å². The van der Waals surface area contributed by atoms with Crippen molar-refractivity contribution in [3.63, 3.8) is 0 Å². The second kappa shape index (κ2) is 43.4. The predicted octanol–water partition coefficient (Wildman–Crippen LogP) is 9.13. The molecular weight excluding hydrogens is 897 g/mol. The van der Waals surface area contributed by atoms with Gasteiger partial charge in [0.25, 0.3) is 0 Å². The Morgan fingerprint density at radius 2 is 0.929 bits per heavy atom. The van der Waals surface area contributed by atoms with Crippen LogP contribution >= 0.6 is 0 Å². The maximum absolute atomic E-state index is 13.0. The van der Waals surface area contributed by atoms with Crippen LogP contribution in [0.5, 0.6) is 0 Å². The summed E-state index contributed by atoms with van der Waals surface area (Å²) in [5.74, 6) is -0.387. The SMILES string of the molecule is CC/C=C\C/C=C\C/C=C\CCCCCCCCCC(=O)OC(COCCCCCCCCCC/C=C\CCCCCCCCC)COC1OC(COC2OC(CO)C(O)C(O)C2O)C(O)C(O)C1O. The van der Waals surface area contributed by atoms with Gasteiger partial charge in [0.15, 0.2) is 12.6 Å². The highest BCUT2D eigenvalue weighted by atomic mass is 16.7. The molecule has 0 aromatic heterocycles. The smallest absolute Gasteiger partial charge is 0.306 e. The highest BCUT2D eigenvalue weighted by molar-refractivity contribution is 5.69. The Labute approximate surface area is 422 Å². The third-order valence-electron chi connectivity index (χ3n) is 13.1. The van der Waals surface area contributed by atoms with Gasteiger partial charge in [0.05, 0.1) is 26.4 Å². The number of hydrogen-bond donors (Lipinski definition) is 7. The maximum Gasteiger partial charge on any atom is 0.306 e. The molecule has 2 rings (SSSR count). The summed E-state index contributed by atoms with van der Waals surface area (Å²) in [5.41, 5.74) is 0. The number of ether oxygens (including phenoxy) is 6. The minimum atomic E-state index is -1.71. The van der Waals surface area contributed by atoms with Crippen molar-refractivity contribution in [3.05, 3.63) is 48.6 Å². The summed E-state index contributed by atoms with van der Waals surface area (Å²) >= 11 is 0. The first-order valence-corrected chi connectivity index (χ1v) is 27.7. The standard InChI is InChI=1S/C56H100O14/c1-3-5-7-9-11-13-15-17-19-21-22-24-26-28-30-32-34-36-38-40-65-42-45(68-48(58)39-37-35-33-31-29-27-25-23-20-18-16-14-12-10-8-6-4-2)43-66-55-54(64)52(62)50(60)47(70-55)44-67-56-53(63)51(61)49(59)46(41-57)69-56/h6,8,12,14,18-21,45-47,49-57,59-64H,3-5,7,9-11,13,15-17,22-44H2,1-2H3/b8-6-,14-12-,20-18-,21-19-. The van der Waals surface area contributed by atoms with E-state index in [1.807, 2.05) is 0 Å². The highest BCUT2D eigenvalue weighted by Gasteiger charge is 2.47. The number of hydrogen-bond acceptors (Lipinski definition) is 14. The summed E-state index contributed by atoms with van der Waals surface area (Å²) in [6.07, 6.45) is 34.5. The summed E-state index contributed by atoms with van der Waals surface area (Å²) in [4.78, 5) is 13.0. The largest absolute Gasteiger partial charge is 0.457 e. The molecule has 2 aliphatic rings. The van der Waals surface area contributed by atoms with Gasteiger partial charge in [-0.2, -0.15) is 0 Å². The lowest BCUT2D eigenvalue weighted by Crippen LogP contribution is -2.61. The van der Waals surface area contributed by atoms with E-state index in [4.69, 9.17) is 28.4 Å². The molecule has 0 bridgehead atoms. The third-order valence-corrected chi connectivity index (χ3v) is 13.1. The molecule has 2 aliphatic heterocycles. The Kier molecular flexibility index (Phi) is 39.7.